The van der Waals surface area contributed by atoms with E-state index in [2.05, 4.69) is 33.7 Å². The molecule has 0 saturated heterocycles. The molecule has 0 saturated carbocycles. The van der Waals surface area contributed by atoms with E-state index in [1.54, 1.807) is 17.4 Å². The van der Waals surface area contributed by atoms with Gasteiger partial charge in [-0.1, -0.05) is 18.2 Å². The number of hydrogen-bond donors (Lipinski definition) is 1. The van der Waals surface area contributed by atoms with E-state index in [0.717, 1.165) is 36.2 Å². The number of nitrogens with one attached hydrogen (secondary N) is 1. The molecule has 0 aliphatic carbocycles. The predicted octanol–water partition coefficient (Wildman–Crippen LogP) is 6.14. The molecule has 0 radical (unpaired) electrons. The fourth-order valence-corrected chi connectivity index (χ4v) is 5.25. The van der Waals surface area contributed by atoms with Gasteiger partial charge in [0.05, 0.1) is 5.69 Å². The summed E-state index contributed by atoms with van der Waals surface area (Å²) in [6.07, 6.45) is -3.75. The van der Waals surface area contributed by atoms with Crippen molar-refractivity contribution >= 4 is 21.4 Å². The quantitative estimate of drug-likeness (QED) is 0.378. The van der Waals surface area contributed by atoms with E-state index in [1.807, 2.05) is 12.1 Å². The second kappa shape index (κ2) is 7.69. The maximum Gasteiger partial charge on any atom is 0.435 e. The van der Waals surface area contributed by atoms with Crippen molar-refractivity contribution in [2.75, 3.05) is 6.54 Å². The Morgan fingerprint density at radius 2 is 1.84 bits per heavy atom. The number of benzene rings is 2. The first-order valence-corrected chi connectivity index (χ1v) is 10.6. The lowest BCUT2D eigenvalue weighted by molar-refractivity contribution is -0.141. The number of aromatic nitrogens is 2. The summed E-state index contributed by atoms with van der Waals surface area (Å²) in [4.78, 5) is 1.17. The molecular weight excluding hydrogens is 426 g/mol. The van der Waals surface area contributed by atoms with Gasteiger partial charge < -0.3 is 5.32 Å². The molecule has 31 heavy (non-hydrogen) atoms. The number of nitrogens with zero attached hydrogens (tertiary/aromatic N) is 2. The van der Waals surface area contributed by atoms with E-state index in [1.165, 1.54) is 21.0 Å². The van der Waals surface area contributed by atoms with Crippen molar-refractivity contribution in [3.05, 3.63) is 82.1 Å². The Hall–Kier alpha value is -2.84. The third-order valence-electron chi connectivity index (χ3n) is 5.55. The van der Waals surface area contributed by atoms with Crippen LogP contribution in [-0.2, 0) is 12.7 Å². The van der Waals surface area contributed by atoms with Crippen LogP contribution >= 0.6 is 11.3 Å². The highest BCUT2D eigenvalue weighted by atomic mass is 32.1. The van der Waals surface area contributed by atoms with Gasteiger partial charge in [-0.3, -0.25) is 0 Å². The van der Waals surface area contributed by atoms with Crippen LogP contribution in [0.15, 0.2) is 54.6 Å². The largest absolute Gasteiger partial charge is 0.435 e. The number of thiophene rings is 1. The molecule has 1 atom stereocenters. The fraction of sp³-hybridized carbons (Fsp3) is 0.217. The molecule has 5 rings (SSSR count). The normalized spacial score (nSPS) is 16.8. The molecule has 1 unspecified atom stereocenters. The number of halogens is 4. The monoisotopic (exact) mass is 443 g/mol. The van der Waals surface area contributed by atoms with Gasteiger partial charge in [-0.25, -0.2) is 4.39 Å². The highest BCUT2D eigenvalue weighted by Crippen LogP contribution is 2.40. The molecule has 0 amide bonds. The van der Waals surface area contributed by atoms with Gasteiger partial charge in [0.2, 0.25) is 0 Å². The zero-order chi connectivity index (χ0) is 21.6. The average molecular weight is 443 g/mol. The van der Waals surface area contributed by atoms with Gasteiger partial charge in [0.15, 0.2) is 5.69 Å². The third kappa shape index (κ3) is 3.81. The molecule has 3 heterocycles. The van der Waals surface area contributed by atoms with Crippen molar-refractivity contribution in [1.82, 2.24) is 15.5 Å². The molecule has 158 valence electrons. The highest BCUT2D eigenvalue weighted by molar-refractivity contribution is 7.19. The summed E-state index contributed by atoms with van der Waals surface area (Å²) in [6, 6.07) is 15.5. The Bertz CT molecular complexity index is 1220. The predicted molar refractivity (Wildman–Crippen MR) is 112 cm³/mol. The lowest BCUT2D eigenvalue weighted by atomic mass is 9.89. The van der Waals surface area contributed by atoms with Crippen molar-refractivity contribution in [2.24, 2.45) is 0 Å². The summed E-state index contributed by atoms with van der Waals surface area (Å²) >= 11 is 1.71. The highest BCUT2D eigenvalue weighted by Gasteiger charge is 2.33. The van der Waals surface area contributed by atoms with E-state index < -0.39 is 17.7 Å². The van der Waals surface area contributed by atoms with Crippen LogP contribution in [0.1, 0.15) is 34.0 Å². The van der Waals surface area contributed by atoms with Crippen molar-refractivity contribution < 1.29 is 17.6 Å². The smallest absolute Gasteiger partial charge is 0.313 e. The Morgan fingerprint density at radius 3 is 2.58 bits per heavy atom. The summed E-state index contributed by atoms with van der Waals surface area (Å²) in [5.41, 5.74) is 0.948. The Kier molecular flexibility index (Phi) is 4.98. The SMILES string of the molecule is Fc1cc2c(cc1-c1ccc(C(F)(F)F)nn1)CNCCC2c1cc2ccccc2s1. The van der Waals surface area contributed by atoms with Crippen LogP contribution in [0.3, 0.4) is 0 Å². The first-order valence-electron chi connectivity index (χ1n) is 9.83. The number of hydrogen-bond acceptors (Lipinski definition) is 4. The standard InChI is InChI=1S/C23H17F4N3S/c24-18-11-16-14(9-17(18)19-5-6-22(30-29-19)23(25,26)27)12-28-8-7-15(16)21-10-13-3-1-2-4-20(13)31-21/h1-6,9-11,15,28H,7-8,12H2. The summed E-state index contributed by atoms with van der Waals surface area (Å²) in [7, 11) is 0. The third-order valence-corrected chi connectivity index (χ3v) is 6.78. The van der Waals surface area contributed by atoms with Gasteiger partial charge in [-0.05, 0) is 65.9 Å². The van der Waals surface area contributed by atoms with E-state index in [0.29, 0.717) is 6.54 Å². The maximum absolute atomic E-state index is 15.1. The summed E-state index contributed by atoms with van der Waals surface area (Å²) in [5.74, 6) is -0.467. The maximum atomic E-state index is 15.1. The zero-order valence-electron chi connectivity index (χ0n) is 16.2. The van der Waals surface area contributed by atoms with Gasteiger partial charge in [0, 0.05) is 27.6 Å². The number of rotatable bonds is 2. The van der Waals surface area contributed by atoms with Crippen molar-refractivity contribution in [1.29, 1.82) is 0 Å². The van der Waals surface area contributed by atoms with E-state index >= 15 is 4.39 Å². The summed E-state index contributed by atoms with van der Waals surface area (Å²) < 4.78 is 54.6. The van der Waals surface area contributed by atoms with Gasteiger partial charge in [0.1, 0.15) is 5.82 Å². The van der Waals surface area contributed by atoms with E-state index in [9.17, 15) is 13.2 Å². The molecule has 0 fully saturated rings. The second-order valence-electron chi connectivity index (χ2n) is 7.54. The number of fused-ring (bicyclic) bond motifs is 2. The first kappa shape index (κ1) is 20.1. The lowest BCUT2D eigenvalue weighted by Crippen LogP contribution is -2.12. The number of alkyl halides is 3. The van der Waals surface area contributed by atoms with Crippen LogP contribution in [0.2, 0.25) is 0 Å². The molecule has 0 spiro atoms. The topological polar surface area (TPSA) is 37.8 Å². The Labute approximate surface area is 179 Å². The Morgan fingerprint density at radius 1 is 1.00 bits per heavy atom. The molecule has 0 bridgehead atoms. The minimum absolute atomic E-state index is 0.0460. The average Bonchev–Trinajstić information content (AvgIpc) is 3.07. The van der Waals surface area contributed by atoms with Crippen molar-refractivity contribution in [2.45, 2.75) is 25.1 Å². The molecule has 2 aromatic heterocycles. The molecule has 1 aliphatic rings. The van der Waals surface area contributed by atoms with Crippen LogP contribution < -0.4 is 5.32 Å². The first-order chi connectivity index (χ1) is 14.9. The van der Waals surface area contributed by atoms with Crippen LogP contribution in [-0.4, -0.2) is 16.7 Å². The minimum atomic E-state index is -4.58. The molecule has 2 aromatic carbocycles. The van der Waals surface area contributed by atoms with Crippen LogP contribution in [0, 0.1) is 5.82 Å². The van der Waals surface area contributed by atoms with Crippen LogP contribution in [0.25, 0.3) is 21.3 Å². The lowest BCUT2D eigenvalue weighted by Gasteiger charge is -2.17. The van der Waals surface area contributed by atoms with Gasteiger partial charge in [-0.15, -0.1) is 21.5 Å². The van der Waals surface area contributed by atoms with Crippen molar-refractivity contribution in [3.8, 4) is 11.3 Å². The minimum Gasteiger partial charge on any atom is -0.313 e. The zero-order valence-corrected chi connectivity index (χ0v) is 17.0. The molecule has 8 heteroatoms. The molecule has 1 N–H and O–H groups in total. The molecule has 4 aromatic rings. The van der Waals surface area contributed by atoms with Gasteiger partial charge in [0.25, 0.3) is 0 Å². The van der Waals surface area contributed by atoms with Crippen LogP contribution in [0.5, 0.6) is 0 Å². The van der Waals surface area contributed by atoms with Gasteiger partial charge >= 0.3 is 6.18 Å². The van der Waals surface area contributed by atoms with Crippen LogP contribution in [0.4, 0.5) is 17.6 Å². The van der Waals surface area contributed by atoms with E-state index in [4.69, 9.17) is 0 Å². The molecule has 1 aliphatic heterocycles. The van der Waals surface area contributed by atoms with Crippen molar-refractivity contribution in [3.63, 3.8) is 0 Å². The summed E-state index contributed by atoms with van der Waals surface area (Å²) in [6.45, 7) is 1.34. The summed E-state index contributed by atoms with van der Waals surface area (Å²) in [5, 5.41) is 11.4. The van der Waals surface area contributed by atoms with E-state index in [-0.39, 0.29) is 17.2 Å². The molecule has 3 nitrogen and oxygen atoms in total. The fourth-order valence-electron chi connectivity index (χ4n) is 4.03. The second-order valence-corrected chi connectivity index (χ2v) is 8.65. The Balaban J connectivity index is 1.56. The molecular formula is C23H17F4N3S. The van der Waals surface area contributed by atoms with Gasteiger partial charge in [-0.2, -0.15) is 13.2 Å².